The molecule has 1 aliphatic rings. The van der Waals surface area contributed by atoms with Gasteiger partial charge in [0.05, 0.1) is 0 Å². The molecule has 0 saturated heterocycles. The van der Waals surface area contributed by atoms with Crippen molar-refractivity contribution in [3.8, 4) is 34.4 Å². The van der Waals surface area contributed by atoms with Gasteiger partial charge in [-0.15, -0.1) is 0 Å². The summed E-state index contributed by atoms with van der Waals surface area (Å²) in [5, 5.41) is 3.39. The summed E-state index contributed by atoms with van der Waals surface area (Å²) in [6.45, 7) is 6.16. The van der Waals surface area contributed by atoms with Crippen molar-refractivity contribution in [3.63, 3.8) is 0 Å². The van der Waals surface area contributed by atoms with Gasteiger partial charge in [-0.2, -0.15) is 0 Å². The number of rotatable bonds is 6. The predicted octanol–water partition coefficient (Wildman–Crippen LogP) is 6.80. The fourth-order valence-corrected chi connectivity index (χ4v) is 9.70. The molecule has 0 saturated carbocycles. The molecular weight excluding hydrogens is 741 g/mol. The van der Waals surface area contributed by atoms with Gasteiger partial charge in [-0.3, -0.25) is 0 Å². The Labute approximate surface area is 303 Å². The minimum absolute atomic E-state index is 0.365. The SMILES string of the molecule is C=C/C=C\C1=C(C)[I-]c2nc3c4ccccc4n(-c4ccc5c(c4)c4ccccc4n5-c4nc(-c5ccccc5)nc(-c5ccccc5)n4)c3n21. The van der Waals surface area contributed by atoms with Crippen molar-refractivity contribution in [3.05, 3.63) is 160 Å². The standard InChI is InChI=1S/C43H29IN7/c1-3-4-21-34-27(2)44-42-45-38-32-20-12-14-23-36(32)49(41(38)51(34)42)30-24-25-37-33(26-30)31-19-11-13-22-35(31)50(37)43-47-39(28-15-7-5-8-16-28)46-40(48-43)29-17-9-6-10-18-29/h3-26H,1H2,2H3/q-1/b21-4-. The second-order valence-electron chi connectivity index (χ2n) is 12.4. The van der Waals surface area contributed by atoms with Crippen molar-refractivity contribution in [2.75, 3.05) is 0 Å². The van der Waals surface area contributed by atoms with Crippen LogP contribution in [0.4, 0.5) is 0 Å². The maximum absolute atomic E-state index is 5.26. The molecule has 0 spiro atoms. The first-order valence-corrected chi connectivity index (χ1v) is 18.9. The summed E-state index contributed by atoms with van der Waals surface area (Å²) in [4.78, 5) is 20.4. The molecule has 8 heteroatoms. The van der Waals surface area contributed by atoms with Crippen LogP contribution < -0.4 is 21.2 Å². The van der Waals surface area contributed by atoms with Crippen LogP contribution >= 0.6 is 0 Å². The van der Waals surface area contributed by atoms with Crippen LogP contribution in [0.15, 0.2) is 156 Å². The number of allylic oxidation sites excluding steroid dienone is 5. The number of fused-ring (bicyclic) bond motifs is 8. The zero-order chi connectivity index (χ0) is 34.1. The maximum atomic E-state index is 5.26. The average molecular weight is 771 g/mol. The molecular formula is C43H29IN7-. The van der Waals surface area contributed by atoms with E-state index in [2.05, 4.69) is 100 Å². The van der Waals surface area contributed by atoms with Gasteiger partial charge in [0.25, 0.3) is 0 Å². The van der Waals surface area contributed by atoms with Gasteiger partial charge in [0.1, 0.15) is 0 Å². The molecule has 7 nitrogen and oxygen atoms in total. The minimum atomic E-state index is -0.365. The van der Waals surface area contributed by atoms with E-state index < -0.39 is 0 Å². The fraction of sp³-hybridized carbons (Fsp3) is 0.0233. The van der Waals surface area contributed by atoms with Gasteiger partial charge in [-0.05, 0) is 0 Å². The number of hydrogen-bond donors (Lipinski definition) is 0. The number of aromatic nitrogens is 7. The predicted molar refractivity (Wildman–Crippen MR) is 202 cm³/mol. The second-order valence-corrected chi connectivity index (χ2v) is 15.5. The number of halogens is 1. The number of nitrogens with zero attached hydrogens (tertiary/aromatic N) is 7. The average Bonchev–Trinajstić information content (AvgIpc) is 3.89. The van der Waals surface area contributed by atoms with Crippen molar-refractivity contribution < 1.29 is 21.2 Å². The first-order chi connectivity index (χ1) is 25.2. The van der Waals surface area contributed by atoms with Crippen molar-refractivity contribution in [1.29, 1.82) is 0 Å². The van der Waals surface area contributed by atoms with Crippen LogP contribution in [-0.2, 0) is 0 Å². The van der Waals surface area contributed by atoms with E-state index in [4.69, 9.17) is 19.9 Å². The van der Waals surface area contributed by atoms with E-state index >= 15 is 0 Å². The van der Waals surface area contributed by atoms with Crippen LogP contribution in [0.1, 0.15) is 6.92 Å². The molecule has 244 valence electrons. The number of para-hydroxylation sites is 2. The van der Waals surface area contributed by atoms with Crippen LogP contribution in [-0.4, -0.2) is 33.6 Å². The molecule has 5 aromatic carbocycles. The van der Waals surface area contributed by atoms with Gasteiger partial charge in [-0.1, -0.05) is 60.7 Å². The van der Waals surface area contributed by atoms with Gasteiger partial charge in [0.15, 0.2) is 0 Å². The summed E-state index contributed by atoms with van der Waals surface area (Å²) in [6, 6.07) is 44.0. The van der Waals surface area contributed by atoms with Crippen molar-refractivity contribution >= 4 is 49.6 Å². The van der Waals surface area contributed by atoms with Crippen LogP contribution in [0.3, 0.4) is 0 Å². The summed E-state index contributed by atoms with van der Waals surface area (Å²) in [5.74, 6) is 1.84. The molecule has 5 heterocycles. The molecule has 0 bridgehead atoms. The van der Waals surface area contributed by atoms with Crippen molar-refractivity contribution in [2.24, 2.45) is 0 Å². The summed E-state index contributed by atoms with van der Waals surface area (Å²) >= 11 is -0.365. The Morgan fingerprint density at radius 1 is 0.588 bits per heavy atom. The van der Waals surface area contributed by atoms with Gasteiger partial charge in [0.2, 0.25) is 0 Å². The zero-order valence-electron chi connectivity index (χ0n) is 27.6. The molecule has 0 amide bonds. The van der Waals surface area contributed by atoms with E-state index in [1.807, 2.05) is 72.8 Å². The summed E-state index contributed by atoms with van der Waals surface area (Å²) in [6.07, 6.45) is 6.02. The first-order valence-electron chi connectivity index (χ1n) is 16.8. The molecule has 0 aliphatic carbocycles. The summed E-state index contributed by atoms with van der Waals surface area (Å²) in [7, 11) is 0. The third-order valence-corrected chi connectivity index (χ3v) is 12.0. The van der Waals surface area contributed by atoms with Crippen LogP contribution in [0, 0.1) is 3.83 Å². The molecule has 10 rings (SSSR count). The quantitative estimate of drug-likeness (QED) is 0.138. The molecule has 51 heavy (non-hydrogen) atoms. The van der Waals surface area contributed by atoms with E-state index in [1.54, 1.807) is 0 Å². The van der Waals surface area contributed by atoms with E-state index in [9.17, 15) is 0 Å². The van der Waals surface area contributed by atoms with E-state index in [0.717, 1.165) is 64.5 Å². The van der Waals surface area contributed by atoms with E-state index in [0.29, 0.717) is 17.6 Å². The number of imidazole rings is 1. The van der Waals surface area contributed by atoms with Crippen LogP contribution in [0.25, 0.3) is 84.0 Å². The number of hydrogen-bond acceptors (Lipinski definition) is 4. The Bertz CT molecular complexity index is 2850. The van der Waals surface area contributed by atoms with Crippen LogP contribution in [0.2, 0.25) is 0 Å². The zero-order valence-corrected chi connectivity index (χ0v) is 29.7. The summed E-state index contributed by atoms with van der Waals surface area (Å²) in [5.41, 5.74) is 9.44. The van der Waals surface area contributed by atoms with E-state index in [1.165, 1.54) is 9.28 Å². The molecule has 0 atom stereocenters. The van der Waals surface area contributed by atoms with Crippen molar-refractivity contribution in [2.45, 2.75) is 6.92 Å². The van der Waals surface area contributed by atoms with Crippen molar-refractivity contribution in [1.82, 2.24) is 33.6 Å². The van der Waals surface area contributed by atoms with Crippen LogP contribution in [0.5, 0.6) is 0 Å². The van der Waals surface area contributed by atoms with Gasteiger partial charge in [0, 0.05) is 11.1 Å². The molecule has 0 radical (unpaired) electrons. The van der Waals surface area contributed by atoms with Gasteiger partial charge in [-0.25, -0.2) is 4.98 Å². The molecule has 0 unspecified atom stereocenters. The Hall–Kier alpha value is -6.13. The van der Waals surface area contributed by atoms with Gasteiger partial charge < -0.3 is 0 Å². The Kier molecular flexibility index (Phi) is 6.85. The van der Waals surface area contributed by atoms with Gasteiger partial charge >= 0.3 is 229 Å². The molecule has 0 N–H and O–H groups in total. The number of benzene rings is 5. The molecule has 4 aromatic heterocycles. The molecule has 1 aliphatic heterocycles. The Balaban J connectivity index is 1.24. The first kappa shape index (κ1) is 29.8. The third kappa shape index (κ3) is 4.63. The monoisotopic (exact) mass is 770 g/mol. The normalized spacial score (nSPS) is 13.2. The molecule has 0 fully saturated rings. The Morgan fingerprint density at radius 3 is 1.88 bits per heavy atom. The summed E-state index contributed by atoms with van der Waals surface area (Å²) < 4.78 is 9.47. The molecule has 9 aromatic rings. The fourth-order valence-electron chi connectivity index (χ4n) is 7.18. The third-order valence-electron chi connectivity index (χ3n) is 9.44. The van der Waals surface area contributed by atoms with E-state index in [-0.39, 0.29) is 21.2 Å². The Morgan fingerprint density at radius 2 is 1.20 bits per heavy atom. The topological polar surface area (TPSA) is 66.3 Å². The second kappa shape index (κ2) is 11.7.